The Hall–Kier alpha value is -0.740. The van der Waals surface area contributed by atoms with Gasteiger partial charge in [-0.1, -0.05) is 0 Å². The fourth-order valence-corrected chi connectivity index (χ4v) is 6.08. The standard InChI is InChI=1S/C14H18BrN3O3S2/c1-10-11(2)21-13(16-10)9-17-5-7-18(8-6-17)23(19,20)14-4-3-12(15)22-14/h3-4H,5-9H2,1-2H3. The summed E-state index contributed by atoms with van der Waals surface area (Å²) >= 11 is 4.56. The molecule has 0 aliphatic carbocycles. The van der Waals surface area contributed by atoms with Crippen molar-refractivity contribution in [1.82, 2.24) is 14.2 Å². The summed E-state index contributed by atoms with van der Waals surface area (Å²) in [6.07, 6.45) is 0. The topological polar surface area (TPSA) is 66.7 Å². The van der Waals surface area contributed by atoms with Gasteiger partial charge >= 0.3 is 0 Å². The third-order valence-electron chi connectivity index (χ3n) is 3.91. The minimum Gasteiger partial charge on any atom is -0.444 e. The molecule has 2 aromatic heterocycles. The molecule has 0 spiro atoms. The number of hydrogen-bond donors (Lipinski definition) is 0. The number of piperazine rings is 1. The highest BCUT2D eigenvalue weighted by molar-refractivity contribution is 9.11. The van der Waals surface area contributed by atoms with Crippen LogP contribution in [0.5, 0.6) is 0 Å². The first-order valence-electron chi connectivity index (χ1n) is 7.27. The van der Waals surface area contributed by atoms with Crippen molar-refractivity contribution in [3.8, 4) is 0 Å². The molecule has 0 radical (unpaired) electrons. The minimum atomic E-state index is -3.38. The molecule has 1 aliphatic rings. The largest absolute Gasteiger partial charge is 0.444 e. The van der Waals surface area contributed by atoms with Crippen molar-refractivity contribution in [3.63, 3.8) is 0 Å². The summed E-state index contributed by atoms with van der Waals surface area (Å²) in [6.45, 7) is 6.75. The molecule has 6 nitrogen and oxygen atoms in total. The number of sulfonamides is 1. The zero-order valence-corrected chi connectivity index (χ0v) is 16.2. The van der Waals surface area contributed by atoms with Crippen LogP contribution in [0.3, 0.4) is 0 Å². The van der Waals surface area contributed by atoms with Crippen LogP contribution in [0, 0.1) is 13.8 Å². The van der Waals surface area contributed by atoms with Gasteiger partial charge in [0.25, 0.3) is 10.0 Å². The van der Waals surface area contributed by atoms with Crippen molar-refractivity contribution in [2.75, 3.05) is 26.2 Å². The quantitative estimate of drug-likeness (QED) is 0.761. The molecule has 0 bridgehead atoms. The van der Waals surface area contributed by atoms with Gasteiger partial charge in [0.2, 0.25) is 5.89 Å². The van der Waals surface area contributed by atoms with Crippen LogP contribution in [0.4, 0.5) is 0 Å². The smallest absolute Gasteiger partial charge is 0.252 e. The van der Waals surface area contributed by atoms with E-state index in [2.05, 4.69) is 25.8 Å². The maximum absolute atomic E-state index is 12.6. The summed E-state index contributed by atoms with van der Waals surface area (Å²) in [5, 5.41) is 0. The van der Waals surface area contributed by atoms with Crippen LogP contribution in [0.15, 0.2) is 24.5 Å². The molecule has 3 rings (SSSR count). The lowest BCUT2D eigenvalue weighted by atomic mass is 10.3. The molecule has 0 saturated carbocycles. The van der Waals surface area contributed by atoms with Crippen molar-refractivity contribution < 1.29 is 12.8 Å². The average Bonchev–Trinajstić information content (AvgIpc) is 3.07. The van der Waals surface area contributed by atoms with E-state index in [9.17, 15) is 8.42 Å². The first-order valence-corrected chi connectivity index (χ1v) is 10.3. The van der Waals surface area contributed by atoms with Crippen LogP contribution in [0.2, 0.25) is 0 Å². The van der Waals surface area contributed by atoms with Gasteiger partial charge in [0.1, 0.15) is 9.97 Å². The lowest BCUT2D eigenvalue weighted by molar-refractivity contribution is 0.168. The molecule has 2 aromatic rings. The van der Waals surface area contributed by atoms with E-state index in [0.29, 0.717) is 42.8 Å². The van der Waals surface area contributed by atoms with Crippen LogP contribution in [0.25, 0.3) is 0 Å². The third kappa shape index (κ3) is 3.69. The summed E-state index contributed by atoms with van der Waals surface area (Å²) in [5.41, 5.74) is 0.907. The van der Waals surface area contributed by atoms with Gasteiger partial charge in [-0.25, -0.2) is 13.4 Å². The van der Waals surface area contributed by atoms with Gasteiger partial charge in [0.15, 0.2) is 0 Å². The molecule has 9 heteroatoms. The van der Waals surface area contributed by atoms with Crippen molar-refractivity contribution in [3.05, 3.63) is 33.3 Å². The number of thiophene rings is 1. The fourth-order valence-electron chi connectivity index (χ4n) is 2.49. The molecule has 126 valence electrons. The molecule has 0 N–H and O–H groups in total. The van der Waals surface area contributed by atoms with Crippen LogP contribution in [-0.4, -0.2) is 48.8 Å². The van der Waals surface area contributed by atoms with E-state index in [4.69, 9.17) is 4.42 Å². The number of rotatable bonds is 4. The predicted molar refractivity (Wildman–Crippen MR) is 92.0 cm³/mol. The zero-order chi connectivity index (χ0) is 16.6. The van der Waals surface area contributed by atoms with E-state index in [1.54, 1.807) is 16.4 Å². The summed E-state index contributed by atoms with van der Waals surface area (Å²) < 4.78 is 33.5. The average molecular weight is 420 g/mol. The molecule has 1 fully saturated rings. The van der Waals surface area contributed by atoms with E-state index in [-0.39, 0.29) is 0 Å². The summed E-state index contributed by atoms with van der Waals surface area (Å²) in [6, 6.07) is 3.41. The lowest BCUT2D eigenvalue weighted by Crippen LogP contribution is -2.48. The Kier molecular flexibility index (Phi) is 4.93. The van der Waals surface area contributed by atoms with Crippen LogP contribution in [0.1, 0.15) is 17.3 Å². The van der Waals surface area contributed by atoms with Gasteiger partial charge in [-0.2, -0.15) is 4.31 Å². The van der Waals surface area contributed by atoms with Crippen molar-refractivity contribution in [2.45, 2.75) is 24.6 Å². The van der Waals surface area contributed by atoms with E-state index >= 15 is 0 Å². The molecule has 3 heterocycles. The third-order valence-corrected chi connectivity index (χ3v) is 7.90. The number of aromatic nitrogens is 1. The second kappa shape index (κ2) is 6.64. The van der Waals surface area contributed by atoms with Crippen LogP contribution in [-0.2, 0) is 16.6 Å². The van der Waals surface area contributed by atoms with Gasteiger partial charge in [0, 0.05) is 26.2 Å². The molecular formula is C14H18BrN3O3S2. The summed E-state index contributed by atoms with van der Waals surface area (Å²) in [5.74, 6) is 1.53. The number of hydrogen-bond acceptors (Lipinski definition) is 6. The van der Waals surface area contributed by atoms with Crippen molar-refractivity contribution in [1.29, 1.82) is 0 Å². The maximum atomic E-state index is 12.6. The lowest BCUT2D eigenvalue weighted by Gasteiger charge is -2.32. The molecule has 1 aliphatic heterocycles. The first kappa shape index (κ1) is 17.1. The second-order valence-corrected chi connectivity index (χ2v) is 10.1. The van der Waals surface area contributed by atoms with Gasteiger partial charge in [0.05, 0.1) is 16.0 Å². The molecular weight excluding hydrogens is 402 g/mol. The molecule has 0 atom stereocenters. The summed E-state index contributed by atoms with van der Waals surface area (Å²) in [7, 11) is -3.38. The van der Waals surface area contributed by atoms with Crippen molar-refractivity contribution in [2.24, 2.45) is 0 Å². The second-order valence-electron chi connectivity index (χ2n) is 5.49. The Morgan fingerprint density at radius 2 is 1.96 bits per heavy atom. The number of halogens is 1. The van der Waals surface area contributed by atoms with Crippen LogP contribution >= 0.6 is 27.3 Å². The Morgan fingerprint density at radius 1 is 1.26 bits per heavy atom. The van der Waals surface area contributed by atoms with Gasteiger partial charge in [-0.15, -0.1) is 11.3 Å². The van der Waals surface area contributed by atoms with E-state index < -0.39 is 10.0 Å². The SMILES string of the molecule is Cc1nc(CN2CCN(S(=O)(=O)c3ccc(Br)s3)CC2)oc1C. The van der Waals surface area contributed by atoms with Crippen LogP contribution < -0.4 is 0 Å². The molecule has 0 aromatic carbocycles. The normalized spacial score (nSPS) is 17.7. The maximum Gasteiger partial charge on any atom is 0.252 e. The van der Waals surface area contributed by atoms with E-state index in [1.165, 1.54) is 11.3 Å². The van der Waals surface area contributed by atoms with Gasteiger partial charge < -0.3 is 4.42 Å². The molecule has 0 unspecified atom stereocenters. The molecule has 1 saturated heterocycles. The Labute approximate surface area is 148 Å². The molecule has 0 amide bonds. The molecule has 23 heavy (non-hydrogen) atoms. The van der Waals surface area contributed by atoms with Gasteiger partial charge in [-0.05, 0) is 41.9 Å². The van der Waals surface area contributed by atoms with Crippen molar-refractivity contribution >= 4 is 37.3 Å². The number of nitrogens with zero attached hydrogens (tertiary/aromatic N) is 3. The summed E-state index contributed by atoms with van der Waals surface area (Å²) in [4.78, 5) is 6.55. The monoisotopic (exact) mass is 419 g/mol. The minimum absolute atomic E-state index is 0.386. The predicted octanol–water partition coefficient (Wildman–Crippen LogP) is 2.62. The Bertz CT molecular complexity index is 773. The highest BCUT2D eigenvalue weighted by Gasteiger charge is 2.30. The zero-order valence-electron chi connectivity index (χ0n) is 13.0. The highest BCUT2D eigenvalue weighted by atomic mass is 79.9. The van der Waals surface area contributed by atoms with E-state index in [1.807, 2.05) is 13.8 Å². The fraction of sp³-hybridized carbons (Fsp3) is 0.500. The number of aryl methyl sites for hydroxylation is 2. The Morgan fingerprint density at radius 3 is 2.48 bits per heavy atom. The Balaban J connectivity index is 1.62. The van der Waals surface area contributed by atoms with Gasteiger partial charge in [-0.3, -0.25) is 4.90 Å². The van der Waals surface area contributed by atoms with E-state index in [0.717, 1.165) is 15.2 Å². The number of oxazole rings is 1. The first-order chi connectivity index (χ1) is 10.9. The highest BCUT2D eigenvalue weighted by Crippen LogP contribution is 2.29.